The van der Waals surface area contributed by atoms with Crippen molar-refractivity contribution in [3.8, 4) is 11.8 Å². The van der Waals surface area contributed by atoms with E-state index in [2.05, 4.69) is 61.0 Å². The van der Waals surface area contributed by atoms with Crippen LogP contribution in [0.4, 0.5) is 0 Å². The van der Waals surface area contributed by atoms with Gasteiger partial charge in [-0.15, -0.1) is 0 Å². The topological polar surface area (TPSA) is 49.8 Å². The average Bonchev–Trinajstić information content (AvgIpc) is 3.40. The van der Waals surface area contributed by atoms with Crippen molar-refractivity contribution in [3.05, 3.63) is 35.9 Å². The minimum absolute atomic E-state index is 0.235. The molecule has 3 atom stereocenters. The van der Waals surface area contributed by atoms with Gasteiger partial charge in [-0.05, 0) is 51.1 Å². The number of benzene rings is 1. The molecule has 28 heavy (non-hydrogen) atoms. The molecule has 1 N–H and O–H groups in total. The van der Waals surface area contributed by atoms with Crippen LogP contribution in [0.25, 0.3) is 0 Å². The van der Waals surface area contributed by atoms with Crippen LogP contribution < -0.4 is 0 Å². The fourth-order valence-corrected chi connectivity index (χ4v) is 4.14. The second kappa shape index (κ2) is 11.2. The Balaban J connectivity index is 1.91. The molecule has 1 saturated carbocycles. The molecule has 0 radical (unpaired) electrons. The number of aliphatic hydroxyl groups is 1. The summed E-state index contributed by atoms with van der Waals surface area (Å²) in [6, 6.07) is 10.6. The molecule has 0 amide bonds. The Bertz CT molecular complexity index is 663. The van der Waals surface area contributed by atoms with Crippen LogP contribution in [0, 0.1) is 17.8 Å². The number of nitrogens with zero attached hydrogens (tertiary/aromatic N) is 1. The van der Waals surface area contributed by atoms with Crippen molar-refractivity contribution in [2.24, 2.45) is 5.92 Å². The molecule has 4 heteroatoms. The third kappa shape index (κ3) is 6.65. The van der Waals surface area contributed by atoms with E-state index < -0.39 is 12.1 Å². The zero-order valence-corrected chi connectivity index (χ0v) is 17.6. The highest BCUT2D eigenvalue weighted by Crippen LogP contribution is 2.54. The van der Waals surface area contributed by atoms with E-state index >= 15 is 0 Å². The molecule has 4 nitrogen and oxygen atoms in total. The van der Waals surface area contributed by atoms with Gasteiger partial charge >= 0.3 is 5.97 Å². The lowest BCUT2D eigenvalue weighted by molar-refractivity contribution is -0.136. The minimum Gasteiger partial charge on any atom is -0.456 e. The summed E-state index contributed by atoms with van der Waals surface area (Å²) in [6.45, 7) is 5.24. The van der Waals surface area contributed by atoms with Crippen LogP contribution in [-0.2, 0) is 16.1 Å². The first-order chi connectivity index (χ1) is 13.5. The first-order valence-electron chi connectivity index (χ1n) is 10.6. The van der Waals surface area contributed by atoms with Crippen LogP contribution in [0.3, 0.4) is 0 Å². The second-order valence-electron chi connectivity index (χ2n) is 7.89. The molecule has 1 aromatic carbocycles. The Morgan fingerprint density at radius 1 is 1.32 bits per heavy atom. The Morgan fingerprint density at radius 2 is 2.07 bits per heavy atom. The normalized spacial score (nSPS) is 21.7. The van der Waals surface area contributed by atoms with E-state index in [1.807, 2.05) is 0 Å². The SMILES string of the molecule is CCCCC[C@@]1(N(C)Cc2ccccc2)C[C@@H]1CCC(O)C#CC(=O)OCC. The molecule has 0 heterocycles. The van der Waals surface area contributed by atoms with Gasteiger partial charge in [-0.3, -0.25) is 4.90 Å². The van der Waals surface area contributed by atoms with Gasteiger partial charge in [0.15, 0.2) is 0 Å². The van der Waals surface area contributed by atoms with Crippen LogP contribution >= 0.6 is 0 Å². The zero-order chi connectivity index (χ0) is 20.4. The number of unbranched alkanes of at least 4 members (excludes halogenated alkanes) is 2. The third-order valence-electron chi connectivity index (χ3n) is 5.84. The van der Waals surface area contributed by atoms with Crippen molar-refractivity contribution in [3.63, 3.8) is 0 Å². The number of carbonyl (C=O) groups is 1. The molecule has 0 bridgehead atoms. The molecule has 0 aliphatic heterocycles. The summed E-state index contributed by atoms with van der Waals surface area (Å²) in [5.41, 5.74) is 1.57. The molecule has 1 aliphatic rings. The maximum atomic E-state index is 11.3. The predicted octanol–water partition coefficient (Wildman–Crippen LogP) is 4.17. The van der Waals surface area contributed by atoms with Crippen molar-refractivity contribution >= 4 is 5.97 Å². The summed E-state index contributed by atoms with van der Waals surface area (Å²) < 4.78 is 4.78. The maximum absolute atomic E-state index is 11.3. The fourth-order valence-electron chi connectivity index (χ4n) is 4.14. The van der Waals surface area contributed by atoms with Crippen LogP contribution in [0.2, 0.25) is 0 Å². The first-order valence-corrected chi connectivity index (χ1v) is 10.6. The molecular weight excluding hydrogens is 350 g/mol. The smallest absolute Gasteiger partial charge is 0.384 e. The Kier molecular flexibility index (Phi) is 9.02. The maximum Gasteiger partial charge on any atom is 0.384 e. The number of hydrogen-bond acceptors (Lipinski definition) is 4. The van der Waals surface area contributed by atoms with E-state index in [1.54, 1.807) is 6.92 Å². The van der Waals surface area contributed by atoms with Gasteiger partial charge < -0.3 is 9.84 Å². The number of aliphatic hydroxyl groups excluding tert-OH is 1. The molecule has 0 saturated heterocycles. The monoisotopic (exact) mass is 385 g/mol. The molecule has 0 aromatic heterocycles. The van der Waals surface area contributed by atoms with Crippen LogP contribution in [0.1, 0.15) is 64.4 Å². The number of rotatable bonds is 11. The predicted molar refractivity (Wildman–Crippen MR) is 113 cm³/mol. The quantitative estimate of drug-likeness (QED) is 0.269. The van der Waals surface area contributed by atoms with E-state index in [0.29, 0.717) is 18.9 Å². The number of esters is 1. The first kappa shape index (κ1) is 22.5. The van der Waals surface area contributed by atoms with Gasteiger partial charge in [0.2, 0.25) is 0 Å². The molecule has 1 aliphatic carbocycles. The highest BCUT2D eigenvalue weighted by Gasteiger charge is 2.55. The van der Waals surface area contributed by atoms with Crippen molar-refractivity contribution < 1.29 is 14.6 Å². The average molecular weight is 386 g/mol. The number of ether oxygens (including phenoxy) is 1. The van der Waals surface area contributed by atoms with Gasteiger partial charge in [0.05, 0.1) is 6.61 Å². The minimum atomic E-state index is -0.766. The molecule has 1 fully saturated rings. The fraction of sp³-hybridized carbons (Fsp3) is 0.625. The molecule has 1 aromatic rings. The lowest BCUT2D eigenvalue weighted by Crippen LogP contribution is -2.35. The summed E-state index contributed by atoms with van der Waals surface area (Å²) in [5, 5.41) is 10.1. The van der Waals surface area contributed by atoms with Crippen molar-refractivity contribution in [1.29, 1.82) is 0 Å². The standard InChI is InChI=1S/C24H35NO3/c1-4-6-10-17-24(25(3)19-20-11-8-7-9-12-20)18-21(24)13-14-22(26)15-16-23(27)28-5-2/h7-9,11-12,21-22,26H,4-6,10,13-14,17-19H2,1-3H3/t21-,22?,24+/m0/s1. The van der Waals surface area contributed by atoms with Crippen LogP contribution in [-0.4, -0.2) is 41.3 Å². The molecule has 1 unspecified atom stereocenters. The van der Waals surface area contributed by atoms with Gasteiger partial charge in [0.25, 0.3) is 0 Å². The van der Waals surface area contributed by atoms with Crippen molar-refractivity contribution in [1.82, 2.24) is 4.90 Å². The van der Waals surface area contributed by atoms with E-state index in [9.17, 15) is 9.90 Å². The summed E-state index contributed by atoms with van der Waals surface area (Å²) in [7, 11) is 2.23. The highest BCUT2D eigenvalue weighted by atomic mass is 16.5. The summed E-state index contributed by atoms with van der Waals surface area (Å²) in [4.78, 5) is 13.8. The number of hydrogen-bond donors (Lipinski definition) is 1. The molecule has 0 spiro atoms. The summed E-state index contributed by atoms with van der Waals surface area (Å²) >= 11 is 0. The van der Waals surface area contributed by atoms with E-state index in [0.717, 1.165) is 13.0 Å². The Morgan fingerprint density at radius 3 is 2.75 bits per heavy atom. The van der Waals surface area contributed by atoms with Gasteiger partial charge in [0, 0.05) is 18.0 Å². The van der Waals surface area contributed by atoms with Crippen molar-refractivity contribution in [2.75, 3.05) is 13.7 Å². The van der Waals surface area contributed by atoms with Crippen LogP contribution in [0.15, 0.2) is 30.3 Å². The lowest BCUT2D eigenvalue weighted by atomic mass is 9.99. The van der Waals surface area contributed by atoms with E-state index in [-0.39, 0.29) is 5.54 Å². The van der Waals surface area contributed by atoms with Crippen LogP contribution in [0.5, 0.6) is 0 Å². The third-order valence-corrected chi connectivity index (χ3v) is 5.84. The Hall–Kier alpha value is -1.83. The molecule has 2 rings (SSSR count). The van der Waals surface area contributed by atoms with E-state index in [4.69, 9.17) is 4.74 Å². The molecular formula is C24H35NO3. The molecule has 154 valence electrons. The van der Waals surface area contributed by atoms with Crippen molar-refractivity contribution in [2.45, 2.75) is 77.0 Å². The van der Waals surface area contributed by atoms with E-state index in [1.165, 1.54) is 37.7 Å². The van der Waals surface area contributed by atoms with Gasteiger partial charge in [-0.2, -0.15) is 0 Å². The summed E-state index contributed by atoms with van der Waals surface area (Å²) in [5.74, 6) is 5.01. The highest BCUT2D eigenvalue weighted by molar-refractivity contribution is 5.88. The number of carbonyl (C=O) groups excluding carboxylic acids is 1. The van der Waals surface area contributed by atoms with Gasteiger partial charge in [-0.25, -0.2) is 4.79 Å². The largest absolute Gasteiger partial charge is 0.456 e. The zero-order valence-electron chi connectivity index (χ0n) is 17.6. The Labute approximate surface area is 170 Å². The summed E-state index contributed by atoms with van der Waals surface area (Å²) in [6.07, 6.45) is 6.90. The second-order valence-corrected chi connectivity index (χ2v) is 7.89. The van der Waals surface area contributed by atoms with Gasteiger partial charge in [0.1, 0.15) is 6.10 Å². The van der Waals surface area contributed by atoms with Gasteiger partial charge in [-0.1, -0.05) is 62.4 Å². The lowest BCUT2D eigenvalue weighted by Gasteiger charge is -2.30.